The Hall–Kier alpha value is -1.60. The Morgan fingerprint density at radius 1 is 1.35 bits per heavy atom. The number of hydrogen-bond donors (Lipinski definition) is 3. The number of aromatic carboxylic acids is 1. The third-order valence-electron chi connectivity index (χ3n) is 2.55. The molecule has 0 aliphatic rings. The summed E-state index contributed by atoms with van der Waals surface area (Å²) in [6.07, 6.45) is 0.822. The third-order valence-corrected chi connectivity index (χ3v) is 3.21. The minimum absolute atomic E-state index is 0.0443. The fourth-order valence-corrected chi connectivity index (χ4v) is 2.05. The number of rotatable bonds is 6. The van der Waals surface area contributed by atoms with Crippen LogP contribution in [-0.4, -0.2) is 49.2 Å². The number of halogens is 1. The number of hydrogen-bond acceptors (Lipinski definition) is 3. The molecule has 3 N–H and O–H groups in total. The number of carboxylic acids is 1. The van der Waals surface area contributed by atoms with Crippen molar-refractivity contribution in [2.24, 2.45) is 0 Å². The summed E-state index contributed by atoms with van der Waals surface area (Å²) in [4.78, 5) is 24.9. The lowest BCUT2D eigenvalue weighted by molar-refractivity contribution is 0.0698. The Morgan fingerprint density at radius 2 is 2.05 bits per heavy atom. The molecule has 6 nitrogen and oxygen atoms in total. The lowest BCUT2D eigenvalue weighted by Gasteiger charge is -2.12. The van der Waals surface area contributed by atoms with E-state index in [1.54, 1.807) is 12.1 Å². The molecule has 0 atom stereocenters. The Morgan fingerprint density at radius 3 is 2.65 bits per heavy atom. The first-order valence-corrected chi connectivity index (χ1v) is 6.92. The molecular formula is C13H18BrN3O3. The maximum atomic E-state index is 11.7. The monoisotopic (exact) mass is 343 g/mol. The Labute approximate surface area is 126 Å². The molecule has 1 rings (SSSR count). The Bertz CT molecular complexity index is 492. The van der Waals surface area contributed by atoms with Crippen LogP contribution in [-0.2, 0) is 0 Å². The molecule has 0 radical (unpaired) electrons. The molecule has 0 bridgehead atoms. The van der Waals surface area contributed by atoms with Crippen molar-refractivity contribution in [1.29, 1.82) is 0 Å². The highest BCUT2D eigenvalue weighted by atomic mass is 79.9. The van der Waals surface area contributed by atoms with Crippen LogP contribution in [0.1, 0.15) is 16.8 Å². The fourth-order valence-electron chi connectivity index (χ4n) is 1.58. The molecule has 0 aliphatic heterocycles. The Kier molecular flexibility index (Phi) is 6.47. The van der Waals surface area contributed by atoms with E-state index < -0.39 is 12.0 Å². The highest BCUT2D eigenvalue weighted by Crippen LogP contribution is 2.26. The topological polar surface area (TPSA) is 81.7 Å². The molecular weight excluding hydrogens is 326 g/mol. The summed E-state index contributed by atoms with van der Waals surface area (Å²) >= 11 is 3.23. The first-order valence-electron chi connectivity index (χ1n) is 6.13. The Balaban J connectivity index is 2.60. The van der Waals surface area contributed by atoms with Crippen LogP contribution in [0, 0.1) is 0 Å². The van der Waals surface area contributed by atoms with E-state index >= 15 is 0 Å². The van der Waals surface area contributed by atoms with E-state index in [0.717, 1.165) is 13.0 Å². The summed E-state index contributed by atoms with van der Waals surface area (Å²) in [5, 5.41) is 14.3. The van der Waals surface area contributed by atoms with Crippen LogP contribution in [0.2, 0.25) is 0 Å². The van der Waals surface area contributed by atoms with Gasteiger partial charge in [0, 0.05) is 11.0 Å². The van der Waals surface area contributed by atoms with Crippen molar-refractivity contribution in [3.8, 4) is 0 Å². The molecule has 110 valence electrons. The molecule has 2 amide bonds. The lowest BCUT2D eigenvalue weighted by Crippen LogP contribution is -2.31. The van der Waals surface area contributed by atoms with Gasteiger partial charge < -0.3 is 20.6 Å². The van der Waals surface area contributed by atoms with E-state index in [1.807, 2.05) is 19.0 Å². The van der Waals surface area contributed by atoms with Crippen LogP contribution in [0.25, 0.3) is 0 Å². The van der Waals surface area contributed by atoms with Crippen LogP contribution in [0.3, 0.4) is 0 Å². The first kappa shape index (κ1) is 16.5. The van der Waals surface area contributed by atoms with Crippen molar-refractivity contribution in [1.82, 2.24) is 10.2 Å². The summed E-state index contributed by atoms with van der Waals surface area (Å²) in [6, 6.07) is 4.30. The maximum Gasteiger partial charge on any atom is 0.337 e. The zero-order valence-corrected chi connectivity index (χ0v) is 13.0. The second kappa shape index (κ2) is 7.86. The van der Waals surface area contributed by atoms with Crippen molar-refractivity contribution in [2.45, 2.75) is 6.42 Å². The largest absolute Gasteiger partial charge is 0.478 e. The van der Waals surface area contributed by atoms with E-state index in [4.69, 9.17) is 5.11 Å². The first-order chi connectivity index (χ1) is 9.41. The van der Waals surface area contributed by atoms with Crippen molar-refractivity contribution < 1.29 is 14.7 Å². The predicted molar refractivity (Wildman–Crippen MR) is 81.3 cm³/mol. The second-order valence-corrected chi connectivity index (χ2v) is 5.36. The normalized spacial score (nSPS) is 10.4. The van der Waals surface area contributed by atoms with Crippen LogP contribution in [0.4, 0.5) is 10.5 Å². The number of benzene rings is 1. The molecule has 0 unspecified atom stereocenters. The van der Waals surface area contributed by atoms with E-state index in [9.17, 15) is 9.59 Å². The van der Waals surface area contributed by atoms with Crippen LogP contribution >= 0.6 is 15.9 Å². The summed E-state index contributed by atoms with van der Waals surface area (Å²) in [5.41, 5.74) is 0.299. The molecule has 0 aliphatic carbocycles. The molecule has 1 aromatic carbocycles. The molecule has 0 heterocycles. The number of anilines is 1. The van der Waals surface area contributed by atoms with Gasteiger partial charge in [-0.15, -0.1) is 0 Å². The molecule has 0 fully saturated rings. The number of para-hydroxylation sites is 1. The molecule has 0 spiro atoms. The van der Waals surface area contributed by atoms with Crippen molar-refractivity contribution in [3.05, 3.63) is 28.2 Å². The smallest absolute Gasteiger partial charge is 0.337 e. The third kappa shape index (κ3) is 5.18. The second-order valence-electron chi connectivity index (χ2n) is 4.51. The van der Waals surface area contributed by atoms with Gasteiger partial charge in [0.1, 0.15) is 0 Å². The minimum Gasteiger partial charge on any atom is -0.478 e. The number of nitrogens with zero attached hydrogens (tertiary/aromatic N) is 1. The van der Waals surface area contributed by atoms with Gasteiger partial charge in [0.2, 0.25) is 0 Å². The maximum absolute atomic E-state index is 11.7. The summed E-state index contributed by atoms with van der Waals surface area (Å²) in [6.45, 7) is 1.40. The van der Waals surface area contributed by atoms with Gasteiger partial charge >= 0.3 is 12.0 Å². The standard InChI is InChI=1S/C13H18BrN3O3/c1-17(2)8-4-7-15-13(20)16-11-9(12(18)19)5-3-6-10(11)14/h3,5-6H,4,7-8H2,1-2H3,(H,18,19)(H2,15,16,20). The van der Waals surface area contributed by atoms with Gasteiger partial charge in [-0.3, -0.25) is 0 Å². The molecule has 0 aromatic heterocycles. The quantitative estimate of drug-likeness (QED) is 0.691. The highest BCUT2D eigenvalue weighted by molar-refractivity contribution is 9.10. The van der Waals surface area contributed by atoms with Crippen LogP contribution in [0.5, 0.6) is 0 Å². The molecule has 7 heteroatoms. The average Bonchev–Trinajstić information content (AvgIpc) is 2.36. The summed E-state index contributed by atoms with van der Waals surface area (Å²) in [5.74, 6) is -1.09. The zero-order chi connectivity index (χ0) is 15.1. The van der Waals surface area contributed by atoms with Gasteiger partial charge in [0.25, 0.3) is 0 Å². The summed E-state index contributed by atoms with van der Waals surface area (Å²) < 4.78 is 0.529. The van der Waals surface area contributed by atoms with Crippen LogP contribution in [0.15, 0.2) is 22.7 Å². The van der Waals surface area contributed by atoms with Gasteiger partial charge in [-0.1, -0.05) is 6.07 Å². The van der Waals surface area contributed by atoms with Gasteiger partial charge in [-0.2, -0.15) is 0 Å². The number of carbonyl (C=O) groups is 2. The van der Waals surface area contributed by atoms with Gasteiger partial charge in [-0.25, -0.2) is 9.59 Å². The lowest BCUT2D eigenvalue weighted by atomic mass is 10.2. The number of nitrogens with one attached hydrogen (secondary N) is 2. The van der Waals surface area contributed by atoms with Crippen molar-refractivity contribution in [3.63, 3.8) is 0 Å². The van der Waals surface area contributed by atoms with E-state index in [-0.39, 0.29) is 11.3 Å². The minimum atomic E-state index is -1.09. The van der Waals surface area contributed by atoms with Gasteiger partial charge in [-0.05, 0) is 55.1 Å². The van der Waals surface area contributed by atoms with E-state index in [1.165, 1.54) is 6.07 Å². The van der Waals surface area contributed by atoms with E-state index in [0.29, 0.717) is 11.0 Å². The van der Waals surface area contributed by atoms with E-state index in [2.05, 4.69) is 26.6 Å². The average molecular weight is 344 g/mol. The zero-order valence-electron chi connectivity index (χ0n) is 11.4. The molecule has 20 heavy (non-hydrogen) atoms. The number of carbonyl (C=O) groups excluding carboxylic acids is 1. The summed E-state index contributed by atoms with van der Waals surface area (Å²) in [7, 11) is 3.92. The molecule has 0 saturated carbocycles. The SMILES string of the molecule is CN(C)CCCNC(=O)Nc1c(Br)cccc1C(=O)O. The number of urea groups is 1. The van der Waals surface area contributed by atoms with Gasteiger partial charge in [0.05, 0.1) is 11.3 Å². The fraction of sp³-hybridized carbons (Fsp3) is 0.385. The van der Waals surface area contributed by atoms with Gasteiger partial charge in [0.15, 0.2) is 0 Å². The number of amides is 2. The van der Waals surface area contributed by atoms with Crippen molar-refractivity contribution >= 4 is 33.6 Å². The van der Waals surface area contributed by atoms with Crippen LogP contribution < -0.4 is 10.6 Å². The molecule has 1 aromatic rings. The highest BCUT2D eigenvalue weighted by Gasteiger charge is 2.14. The predicted octanol–water partition coefficient (Wildman–Crippen LogP) is 2.22. The number of carboxylic acid groups (broad SMARTS) is 1. The molecule has 0 saturated heterocycles. The van der Waals surface area contributed by atoms with Crippen molar-refractivity contribution in [2.75, 3.05) is 32.5 Å².